The van der Waals surface area contributed by atoms with Crippen LogP contribution >= 0.6 is 0 Å². The Balaban J connectivity index is 2.40. The van der Waals surface area contributed by atoms with Gasteiger partial charge in [0.1, 0.15) is 17.7 Å². The molecule has 0 radical (unpaired) electrons. The van der Waals surface area contributed by atoms with E-state index in [9.17, 15) is 14.7 Å². The minimum absolute atomic E-state index is 0.0310. The van der Waals surface area contributed by atoms with E-state index in [1.807, 2.05) is 13.8 Å². The van der Waals surface area contributed by atoms with E-state index in [0.29, 0.717) is 11.6 Å². The second-order valence-corrected chi connectivity index (χ2v) is 5.04. The van der Waals surface area contributed by atoms with Crippen molar-refractivity contribution in [3.05, 3.63) is 22.2 Å². The highest BCUT2D eigenvalue weighted by Gasteiger charge is 2.37. The molecule has 7 heteroatoms. The van der Waals surface area contributed by atoms with Gasteiger partial charge < -0.3 is 20.1 Å². The van der Waals surface area contributed by atoms with E-state index in [1.54, 1.807) is 0 Å². The van der Waals surface area contributed by atoms with Crippen LogP contribution in [0.1, 0.15) is 32.0 Å². The Labute approximate surface area is 109 Å². The Bertz CT molecular complexity index is 540. The van der Waals surface area contributed by atoms with Crippen LogP contribution in [0.5, 0.6) is 0 Å². The van der Waals surface area contributed by atoms with E-state index in [1.165, 1.54) is 11.0 Å². The third-order valence-corrected chi connectivity index (χ3v) is 3.15. The Kier molecular flexibility index (Phi) is 3.57. The average molecular weight is 267 g/mol. The molecule has 2 unspecified atom stereocenters. The summed E-state index contributed by atoms with van der Waals surface area (Å²) in [5.74, 6) is -0.183. The molecule has 0 amide bonds. The molecule has 1 saturated heterocycles. The number of β-amino-alcohol motifs (C(OH)–C–C–N with tert-alkyl or cyclic N) is 1. The number of aliphatic hydroxyl groups is 1. The fourth-order valence-electron chi connectivity index (χ4n) is 2.18. The maximum absolute atomic E-state index is 11.6. The summed E-state index contributed by atoms with van der Waals surface area (Å²) < 4.78 is 0. The van der Waals surface area contributed by atoms with Crippen LogP contribution in [0, 0.1) is 0 Å². The number of aliphatic hydroxyl groups excluding tert-OH is 1. The average Bonchev–Trinajstić information content (AvgIpc) is 2.70. The first kappa shape index (κ1) is 13.5. The van der Waals surface area contributed by atoms with Crippen molar-refractivity contribution in [1.82, 2.24) is 9.97 Å². The van der Waals surface area contributed by atoms with Gasteiger partial charge in [-0.3, -0.25) is 4.79 Å². The van der Waals surface area contributed by atoms with Crippen LogP contribution in [0.2, 0.25) is 0 Å². The number of carboxylic acid groups (broad SMARTS) is 1. The lowest BCUT2D eigenvalue weighted by atomic mass is 10.2. The summed E-state index contributed by atoms with van der Waals surface area (Å²) in [6, 6.07) is 0.421. The molecule has 2 atom stereocenters. The number of aliphatic carboxylic acids is 1. The third-order valence-electron chi connectivity index (χ3n) is 3.15. The summed E-state index contributed by atoms with van der Waals surface area (Å²) in [6.07, 6.45) is -0.578. The Hall–Kier alpha value is -1.89. The van der Waals surface area contributed by atoms with Crippen molar-refractivity contribution in [2.75, 3.05) is 11.4 Å². The molecule has 0 spiro atoms. The molecular formula is C12H17N3O4. The molecule has 1 aliphatic rings. The van der Waals surface area contributed by atoms with Gasteiger partial charge in [-0.1, -0.05) is 13.8 Å². The molecule has 1 fully saturated rings. The number of hydrogen-bond acceptors (Lipinski definition) is 5. The van der Waals surface area contributed by atoms with Gasteiger partial charge in [-0.15, -0.1) is 0 Å². The second-order valence-electron chi connectivity index (χ2n) is 5.04. The number of aromatic nitrogens is 2. The topological polar surface area (TPSA) is 107 Å². The van der Waals surface area contributed by atoms with Crippen molar-refractivity contribution in [3.63, 3.8) is 0 Å². The van der Waals surface area contributed by atoms with Crippen molar-refractivity contribution < 1.29 is 15.0 Å². The molecule has 1 aromatic rings. The van der Waals surface area contributed by atoms with Gasteiger partial charge in [-0.05, 0) is 0 Å². The van der Waals surface area contributed by atoms with Gasteiger partial charge in [0.25, 0.3) is 5.56 Å². The van der Waals surface area contributed by atoms with Crippen molar-refractivity contribution in [2.45, 2.75) is 38.3 Å². The van der Waals surface area contributed by atoms with Crippen LogP contribution in [0.3, 0.4) is 0 Å². The monoisotopic (exact) mass is 267 g/mol. The fourth-order valence-corrected chi connectivity index (χ4v) is 2.18. The Morgan fingerprint density at radius 3 is 2.84 bits per heavy atom. The summed E-state index contributed by atoms with van der Waals surface area (Å²) in [4.78, 5) is 31.1. The predicted molar refractivity (Wildman–Crippen MR) is 68.3 cm³/mol. The number of hydrogen-bond donors (Lipinski definition) is 3. The first-order valence-corrected chi connectivity index (χ1v) is 6.17. The molecule has 0 aliphatic carbocycles. The minimum atomic E-state index is -1.02. The van der Waals surface area contributed by atoms with E-state index < -0.39 is 18.1 Å². The van der Waals surface area contributed by atoms with Crippen LogP contribution in [-0.2, 0) is 4.79 Å². The van der Waals surface area contributed by atoms with E-state index in [0.717, 1.165) is 0 Å². The van der Waals surface area contributed by atoms with Gasteiger partial charge in [0, 0.05) is 24.9 Å². The fraction of sp³-hybridized carbons (Fsp3) is 0.583. The lowest BCUT2D eigenvalue weighted by Gasteiger charge is -2.22. The van der Waals surface area contributed by atoms with Crippen LogP contribution in [-0.4, -0.2) is 44.8 Å². The van der Waals surface area contributed by atoms with Crippen LogP contribution in [0.25, 0.3) is 0 Å². The second kappa shape index (κ2) is 5.00. The Morgan fingerprint density at radius 1 is 1.58 bits per heavy atom. The van der Waals surface area contributed by atoms with Crippen molar-refractivity contribution in [1.29, 1.82) is 0 Å². The molecule has 2 rings (SSSR count). The minimum Gasteiger partial charge on any atom is -0.480 e. The summed E-state index contributed by atoms with van der Waals surface area (Å²) in [6.45, 7) is 3.94. The molecule has 104 valence electrons. The molecule has 0 bridgehead atoms. The van der Waals surface area contributed by atoms with E-state index in [-0.39, 0.29) is 24.4 Å². The number of H-pyrrole nitrogens is 1. The van der Waals surface area contributed by atoms with Gasteiger partial charge in [-0.2, -0.15) is 0 Å². The number of anilines is 1. The molecule has 0 saturated carbocycles. The highest BCUT2D eigenvalue weighted by molar-refractivity contribution is 5.78. The SMILES string of the molecule is CC(C)c1nc(N2CC(O)CC2C(=O)O)cc(=O)[nH]1. The molecule has 1 aliphatic heterocycles. The van der Waals surface area contributed by atoms with Crippen molar-refractivity contribution in [2.24, 2.45) is 0 Å². The third kappa shape index (κ3) is 2.76. The number of nitrogens with one attached hydrogen (secondary N) is 1. The zero-order valence-corrected chi connectivity index (χ0v) is 10.8. The van der Waals surface area contributed by atoms with Crippen LogP contribution in [0.15, 0.2) is 10.9 Å². The standard InChI is InChI=1S/C12H17N3O4/c1-6(2)11-13-9(4-10(17)14-11)15-5-7(16)3-8(15)12(18)19/h4,6-8,16H,3,5H2,1-2H3,(H,18,19)(H,13,14,17). The number of nitrogens with zero attached hydrogens (tertiary/aromatic N) is 2. The van der Waals surface area contributed by atoms with E-state index >= 15 is 0 Å². The number of rotatable bonds is 3. The molecule has 19 heavy (non-hydrogen) atoms. The lowest BCUT2D eigenvalue weighted by molar-refractivity contribution is -0.138. The van der Waals surface area contributed by atoms with Gasteiger partial charge >= 0.3 is 5.97 Å². The maximum Gasteiger partial charge on any atom is 0.326 e. The normalized spacial score (nSPS) is 23.1. The maximum atomic E-state index is 11.6. The summed E-state index contributed by atoms with van der Waals surface area (Å²) in [7, 11) is 0. The Morgan fingerprint density at radius 2 is 2.26 bits per heavy atom. The van der Waals surface area contributed by atoms with E-state index in [2.05, 4.69) is 9.97 Å². The van der Waals surface area contributed by atoms with E-state index in [4.69, 9.17) is 5.11 Å². The van der Waals surface area contributed by atoms with Gasteiger partial charge in [-0.25, -0.2) is 9.78 Å². The molecule has 1 aromatic heterocycles. The number of carbonyl (C=O) groups is 1. The summed E-state index contributed by atoms with van der Waals surface area (Å²) >= 11 is 0. The zero-order valence-electron chi connectivity index (χ0n) is 10.8. The van der Waals surface area contributed by atoms with Crippen molar-refractivity contribution in [3.8, 4) is 0 Å². The van der Waals surface area contributed by atoms with Crippen LogP contribution < -0.4 is 10.5 Å². The molecule has 0 aromatic carbocycles. The number of carboxylic acids is 1. The highest BCUT2D eigenvalue weighted by atomic mass is 16.4. The quantitative estimate of drug-likeness (QED) is 0.707. The molecule has 3 N–H and O–H groups in total. The number of aromatic amines is 1. The van der Waals surface area contributed by atoms with Crippen molar-refractivity contribution >= 4 is 11.8 Å². The highest BCUT2D eigenvalue weighted by Crippen LogP contribution is 2.24. The zero-order chi connectivity index (χ0) is 14.2. The largest absolute Gasteiger partial charge is 0.480 e. The summed E-state index contributed by atoms with van der Waals surface area (Å²) in [5, 5.41) is 18.8. The summed E-state index contributed by atoms with van der Waals surface area (Å²) in [5.41, 5.74) is -0.320. The van der Waals surface area contributed by atoms with Gasteiger partial charge in [0.2, 0.25) is 0 Å². The predicted octanol–water partition coefficient (Wildman–Crippen LogP) is -0.0825. The van der Waals surface area contributed by atoms with Gasteiger partial charge in [0.05, 0.1) is 6.10 Å². The first-order valence-electron chi connectivity index (χ1n) is 6.17. The smallest absolute Gasteiger partial charge is 0.326 e. The molecule has 7 nitrogen and oxygen atoms in total. The molecule has 2 heterocycles. The van der Waals surface area contributed by atoms with Crippen LogP contribution in [0.4, 0.5) is 5.82 Å². The first-order chi connectivity index (χ1) is 8.88. The lowest BCUT2D eigenvalue weighted by Crippen LogP contribution is -2.37. The molecular weight excluding hydrogens is 250 g/mol. The van der Waals surface area contributed by atoms with Gasteiger partial charge in [0.15, 0.2) is 0 Å².